The second kappa shape index (κ2) is 9.48. The number of aldehydes is 1. The van der Waals surface area contributed by atoms with E-state index >= 15 is 0 Å². The average molecular weight is 492 g/mol. The summed E-state index contributed by atoms with van der Waals surface area (Å²) in [5, 5.41) is 0.691. The van der Waals surface area contributed by atoms with Crippen LogP contribution in [0.15, 0.2) is 91.0 Å². The van der Waals surface area contributed by atoms with E-state index in [2.05, 4.69) is 0 Å². The van der Waals surface area contributed by atoms with Gasteiger partial charge in [0.25, 0.3) is 5.16 Å². The number of carbonyl (C=O) groups excluding carboxylic acids is 3. The molecule has 0 aliphatic rings. The monoisotopic (exact) mass is 492 g/mol. The van der Waals surface area contributed by atoms with Crippen molar-refractivity contribution in [3.8, 4) is 0 Å². The first-order chi connectivity index (χ1) is 13.5. The van der Waals surface area contributed by atoms with Gasteiger partial charge in [-0.05, 0) is 50.2 Å². The van der Waals surface area contributed by atoms with Crippen LogP contribution in [-0.4, -0.2) is 23.0 Å². The standard InChI is InChI=1S/C24H22O3P.Rh/c1-19(26)24(18-25,20(2)27)28(21-12-6-3-7-13-21,22-14-8-4-9-15-22)23-16-10-5-11-17-23;/h3-18H,1-2H3;/q+1;. The van der Waals surface area contributed by atoms with Gasteiger partial charge in [-0.25, -0.2) is 0 Å². The Kier molecular flexibility index (Phi) is 7.52. The Bertz CT molecular complexity index is 878. The maximum Gasteiger partial charge on any atom is 0.262 e. The summed E-state index contributed by atoms with van der Waals surface area (Å²) in [5.41, 5.74) is 0. The molecule has 0 saturated heterocycles. The average Bonchev–Trinajstić information content (AvgIpc) is 2.73. The molecule has 0 aliphatic carbocycles. The number of carbonyl (C=O) groups is 3. The zero-order chi connectivity index (χ0) is 20.2. The maximum absolute atomic E-state index is 13.1. The molecule has 0 unspecified atom stereocenters. The zero-order valence-corrected chi connectivity index (χ0v) is 18.8. The van der Waals surface area contributed by atoms with Crippen LogP contribution in [0, 0.1) is 0 Å². The molecule has 0 aromatic heterocycles. The summed E-state index contributed by atoms with van der Waals surface area (Å²) >= 11 is 0. The van der Waals surface area contributed by atoms with Crippen LogP contribution in [0.2, 0.25) is 0 Å². The molecule has 3 aromatic carbocycles. The molecule has 0 N–H and O–H groups in total. The molecule has 3 aromatic rings. The van der Waals surface area contributed by atoms with E-state index in [4.69, 9.17) is 0 Å². The van der Waals surface area contributed by atoms with Gasteiger partial charge in [0.2, 0.25) is 0 Å². The van der Waals surface area contributed by atoms with E-state index in [9.17, 15) is 14.4 Å². The Morgan fingerprint density at radius 1 is 0.655 bits per heavy atom. The molecule has 0 spiro atoms. The fourth-order valence-electron chi connectivity index (χ4n) is 3.98. The van der Waals surface area contributed by atoms with Crippen LogP contribution in [-0.2, 0) is 33.9 Å². The first-order valence-electron chi connectivity index (χ1n) is 9.06. The van der Waals surface area contributed by atoms with Gasteiger partial charge in [-0.1, -0.05) is 54.6 Å². The van der Waals surface area contributed by atoms with E-state index in [0.29, 0.717) is 6.29 Å². The molecule has 0 aliphatic heterocycles. The van der Waals surface area contributed by atoms with Gasteiger partial charge in [0.15, 0.2) is 17.9 Å². The van der Waals surface area contributed by atoms with E-state index < -0.39 is 24.0 Å². The minimum Gasteiger partial charge on any atom is -0.298 e. The molecule has 29 heavy (non-hydrogen) atoms. The second-order valence-corrected chi connectivity index (χ2v) is 10.3. The predicted octanol–water partition coefficient (Wildman–Crippen LogP) is 3.09. The van der Waals surface area contributed by atoms with E-state index in [-0.39, 0.29) is 19.5 Å². The van der Waals surface area contributed by atoms with Crippen LogP contribution in [0.4, 0.5) is 0 Å². The minimum absolute atomic E-state index is 0. The van der Waals surface area contributed by atoms with Crippen molar-refractivity contribution in [3.05, 3.63) is 91.0 Å². The number of Topliss-reactive ketones (excluding diaryl/α,β-unsaturated/α-hetero) is 2. The Hall–Kier alpha value is -2.28. The van der Waals surface area contributed by atoms with Crippen molar-refractivity contribution in [2.24, 2.45) is 0 Å². The number of rotatable bonds is 7. The van der Waals surface area contributed by atoms with E-state index in [1.165, 1.54) is 13.8 Å². The Balaban J connectivity index is 0.00000300. The third-order valence-corrected chi connectivity index (χ3v) is 10.2. The van der Waals surface area contributed by atoms with Gasteiger partial charge in [-0.3, -0.25) is 14.4 Å². The molecular formula is C24H22O3PRh+. The molecule has 3 rings (SSSR count). The molecule has 1 radical (unpaired) electrons. The molecule has 0 saturated carbocycles. The molecule has 0 atom stereocenters. The SMILES string of the molecule is CC(=O)C(C=O)(C(C)=O)[P+](c1ccccc1)(c1ccccc1)c1ccccc1.[Rh]. The number of hydrogen-bond acceptors (Lipinski definition) is 3. The zero-order valence-electron chi connectivity index (χ0n) is 16.2. The van der Waals surface area contributed by atoms with Crippen molar-refractivity contribution in [3.63, 3.8) is 0 Å². The predicted molar refractivity (Wildman–Crippen MR) is 115 cm³/mol. The summed E-state index contributed by atoms with van der Waals surface area (Å²) < 4.78 is 0. The molecule has 5 heteroatoms. The number of benzene rings is 3. The molecule has 0 fully saturated rings. The van der Waals surface area contributed by atoms with Gasteiger partial charge in [0.1, 0.15) is 23.2 Å². The van der Waals surface area contributed by atoms with Gasteiger partial charge in [0.05, 0.1) is 0 Å². The Morgan fingerprint density at radius 3 is 1.14 bits per heavy atom. The van der Waals surface area contributed by atoms with Crippen LogP contribution in [0.5, 0.6) is 0 Å². The van der Waals surface area contributed by atoms with Crippen molar-refractivity contribution in [1.82, 2.24) is 0 Å². The first-order valence-corrected chi connectivity index (χ1v) is 10.8. The van der Waals surface area contributed by atoms with Crippen molar-refractivity contribution in [2.75, 3.05) is 0 Å². The summed E-state index contributed by atoms with van der Waals surface area (Å²) in [6, 6.07) is 28.4. The fraction of sp³-hybridized carbons (Fsp3) is 0.125. The second-order valence-electron chi connectivity index (χ2n) is 6.67. The summed E-state index contributed by atoms with van der Waals surface area (Å²) in [4.78, 5) is 38.8. The van der Waals surface area contributed by atoms with Gasteiger partial charge in [0, 0.05) is 19.5 Å². The number of ketones is 2. The maximum atomic E-state index is 13.1. The van der Waals surface area contributed by atoms with Gasteiger partial charge >= 0.3 is 0 Å². The van der Waals surface area contributed by atoms with Crippen LogP contribution in [0.25, 0.3) is 0 Å². The normalized spacial score (nSPS) is 11.2. The van der Waals surface area contributed by atoms with E-state index in [1.54, 1.807) is 0 Å². The summed E-state index contributed by atoms with van der Waals surface area (Å²) in [6.07, 6.45) is 0.582. The third kappa shape index (κ3) is 3.57. The van der Waals surface area contributed by atoms with E-state index in [1.807, 2.05) is 91.0 Å². The Labute approximate surface area is 184 Å². The van der Waals surface area contributed by atoms with Gasteiger partial charge in [-0.2, -0.15) is 0 Å². The Morgan fingerprint density at radius 2 is 0.931 bits per heavy atom. The smallest absolute Gasteiger partial charge is 0.262 e. The van der Waals surface area contributed by atoms with Crippen LogP contribution in [0.3, 0.4) is 0 Å². The van der Waals surface area contributed by atoms with Crippen molar-refractivity contribution < 1.29 is 33.9 Å². The minimum atomic E-state index is -2.97. The van der Waals surface area contributed by atoms with Gasteiger partial charge in [-0.15, -0.1) is 0 Å². The molecule has 149 valence electrons. The van der Waals surface area contributed by atoms with Crippen LogP contribution < -0.4 is 15.9 Å². The third-order valence-electron chi connectivity index (χ3n) is 5.20. The van der Waals surface area contributed by atoms with Crippen LogP contribution in [0.1, 0.15) is 13.8 Å². The van der Waals surface area contributed by atoms with Crippen molar-refractivity contribution in [1.29, 1.82) is 0 Å². The summed E-state index contributed by atoms with van der Waals surface area (Å²) in [5.74, 6) is -0.861. The first kappa shape index (κ1) is 23.0. The van der Waals surface area contributed by atoms with Crippen molar-refractivity contribution >= 4 is 41.0 Å². The van der Waals surface area contributed by atoms with Gasteiger partial charge < -0.3 is 0 Å². The van der Waals surface area contributed by atoms with Crippen LogP contribution >= 0.6 is 7.26 Å². The summed E-state index contributed by atoms with van der Waals surface area (Å²) in [7, 11) is -2.97. The summed E-state index contributed by atoms with van der Waals surface area (Å²) in [6.45, 7) is 2.69. The molecule has 0 amide bonds. The molecular weight excluding hydrogens is 470 g/mol. The number of hydrogen-bond donors (Lipinski definition) is 0. The fourth-order valence-corrected chi connectivity index (χ4v) is 9.06. The topological polar surface area (TPSA) is 51.2 Å². The largest absolute Gasteiger partial charge is 0.298 e. The quantitative estimate of drug-likeness (QED) is 0.221. The molecule has 0 bridgehead atoms. The van der Waals surface area contributed by atoms with Crippen molar-refractivity contribution in [2.45, 2.75) is 19.0 Å². The molecule has 3 nitrogen and oxygen atoms in total. The molecule has 0 heterocycles. The van der Waals surface area contributed by atoms with E-state index in [0.717, 1.165) is 15.9 Å².